The normalized spacial score (nSPS) is 16.6. The van der Waals surface area contributed by atoms with E-state index < -0.39 is 27.2 Å². The van der Waals surface area contributed by atoms with E-state index in [1.807, 2.05) is 0 Å². The van der Waals surface area contributed by atoms with Crippen molar-refractivity contribution in [3.8, 4) is 0 Å². The van der Waals surface area contributed by atoms with Crippen molar-refractivity contribution in [1.29, 1.82) is 0 Å². The maximum Gasteiger partial charge on any atom is 0.421 e. The molecular formula is C10H11F3O3S. The summed E-state index contributed by atoms with van der Waals surface area (Å²) >= 11 is 0. The van der Waals surface area contributed by atoms with Gasteiger partial charge in [-0.05, 0) is 24.6 Å². The minimum atomic E-state index is -4.87. The highest BCUT2D eigenvalue weighted by Gasteiger charge is 2.51. The standard InChI is InChI=1S/C10H11F3O3S/c1-9(14,10(11,12)13)7-4-3-5-8(6-7)17(2,15)16/h3-6,14H,1-2H3. The van der Waals surface area contributed by atoms with Crippen LogP contribution in [-0.2, 0) is 15.4 Å². The maximum absolute atomic E-state index is 12.5. The molecule has 0 saturated carbocycles. The lowest BCUT2D eigenvalue weighted by atomic mass is 9.96. The first-order valence-electron chi connectivity index (χ1n) is 4.56. The Morgan fingerprint density at radius 3 is 2.18 bits per heavy atom. The number of alkyl halides is 3. The van der Waals surface area contributed by atoms with Gasteiger partial charge in [-0.3, -0.25) is 0 Å². The molecule has 1 aromatic rings. The van der Waals surface area contributed by atoms with E-state index in [9.17, 15) is 26.7 Å². The van der Waals surface area contributed by atoms with Crippen LogP contribution >= 0.6 is 0 Å². The molecule has 0 radical (unpaired) electrons. The van der Waals surface area contributed by atoms with E-state index in [2.05, 4.69) is 0 Å². The van der Waals surface area contributed by atoms with E-state index in [4.69, 9.17) is 0 Å². The van der Waals surface area contributed by atoms with E-state index in [1.54, 1.807) is 0 Å². The number of hydrogen-bond acceptors (Lipinski definition) is 3. The van der Waals surface area contributed by atoms with Gasteiger partial charge in [0.25, 0.3) is 0 Å². The van der Waals surface area contributed by atoms with E-state index in [0.717, 1.165) is 24.5 Å². The number of sulfone groups is 1. The topological polar surface area (TPSA) is 54.4 Å². The summed E-state index contributed by atoms with van der Waals surface area (Å²) in [7, 11) is -3.61. The quantitative estimate of drug-likeness (QED) is 0.890. The van der Waals surface area contributed by atoms with Crippen molar-refractivity contribution in [2.45, 2.75) is 23.6 Å². The van der Waals surface area contributed by atoms with Crippen LogP contribution in [0.3, 0.4) is 0 Å². The molecule has 0 heterocycles. The van der Waals surface area contributed by atoms with Crippen molar-refractivity contribution in [1.82, 2.24) is 0 Å². The van der Waals surface area contributed by atoms with Gasteiger partial charge in [0, 0.05) is 6.26 Å². The second kappa shape index (κ2) is 3.99. The summed E-state index contributed by atoms with van der Waals surface area (Å²) in [5.74, 6) is 0. The molecule has 0 saturated heterocycles. The highest BCUT2D eigenvalue weighted by Crippen LogP contribution is 2.38. The lowest BCUT2D eigenvalue weighted by molar-refractivity contribution is -0.258. The van der Waals surface area contributed by atoms with Gasteiger partial charge in [0.1, 0.15) is 0 Å². The van der Waals surface area contributed by atoms with Crippen molar-refractivity contribution < 1.29 is 26.7 Å². The van der Waals surface area contributed by atoms with Gasteiger partial charge < -0.3 is 5.11 Å². The van der Waals surface area contributed by atoms with Crippen molar-refractivity contribution in [3.05, 3.63) is 29.8 Å². The largest absolute Gasteiger partial charge is 0.421 e. The molecule has 1 atom stereocenters. The molecule has 1 N–H and O–H groups in total. The molecule has 3 nitrogen and oxygen atoms in total. The van der Waals surface area contributed by atoms with Gasteiger partial charge in [-0.1, -0.05) is 12.1 Å². The third-order valence-corrected chi connectivity index (χ3v) is 3.49. The maximum atomic E-state index is 12.5. The van der Waals surface area contributed by atoms with Gasteiger partial charge in [-0.25, -0.2) is 8.42 Å². The predicted molar refractivity (Wildman–Crippen MR) is 55.2 cm³/mol. The van der Waals surface area contributed by atoms with E-state index in [0.29, 0.717) is 6.92 Å². The number of rotatable bonds is 2. The Bertz CT molecular complexity index is 518. The van der Waals surface area contributed by atoms with Gasteiger partial charge in [-0.15, -0.1) is 0 Å². The molecule has 1 aromatic carbocycles. The van der Waals surface area contributed by atoms with Crippen LogP contribution in [0, 0.1) is 0 Å². The second-order valence-corrected chi connectivity index (χ2v) is 5.89. The van der Waals surface area contributed by atoms with Gasteiger partial charge in [0.15, 0.2) is 15.4 Å². The van der Waals surface area contributed by atoms with Gasteiger partial charge in [-0.2, -0.15) is 13.2 Å². The van der Waals surface area contributed by atoms with Crippen LogP contribution in [0.1, 0.15) is 12.5 Å². The number of halogens is 3. The van der Waals surface area contributed by atoms with Crippen LogP contribution in [-0.4, -0.2) is 26.0 Å². The lowest BCUT2D eigenvalue weighted by Gasteiger charge is -2.26. The summed E-state index contributed by atoms with van der Waals surface area (Å²) in [4.78, 5) is -0.264. The van der Waals surface area contributed by atoms with E-state index >= 15 is 0 Å². The smallest absolute Gasteiger partial charge is 0.376 e. The summed E-state index contributed by atoms with van der Waals surface area (Å²) in [6.45, 7) is 0.578. The van der Waals surface area contributed by atoms with Crippen molar-refractivity contribution in [2.24, 2.45) is 0 Å². The summed E-state index contributed by atoms with van der Waals surface area (Å²) in [5.41, 5.74) is -3.58. The minimum Gasteiger partial charge on any atom is -0.376 e. The van der Waals surface area contributed by atoms with Crippen LogP contribution in [0.25, 0.3) is 0 Å². The Labute approximate surface area is 96.8 Å². The Balaban J connectivity index is 3.36. The molecule has 0 aliphatic heterocycles. The third-order valence-electron chi connectivity index (χ3n) is 2.38. The molecule has 7 heteroatoms. The monoisotopic (exact) mass is 268 g/mol. The molecule has 17 heavy (non-hydrogen) atoms. The molecular weight excluding hydrogens is 257 g/mol. The molecule has 0 amide bonds. The third kappa shape index (κ3) is 2.78. The van der Waals surface area contributed by atoms with Crippen LogP contribution < -0.4 is 0 Å². The molecule has 1 rings (SSSR count). The van der Waals surface area contributed by atoms with Crippen LogP contribution in [0.4, 0.5) is 13.2 Å². The average Bonchev–Trinajstić information content (AvgIpc) is 2.15. The first-order valence-corrected chi connectivity index (χ1v) is 6.45. The minimum absolute atomic E-state index is 0.264. The first kappa shape index (κ1) is 14.0. The van der Waals surface area contributed by atoms with E-state index in [-0.39, 0.29) is 4.90 Å². The van der Waals surface area contributed by atoms with Crippen LogP contribution in [0.5, 0.6) is 0 Å². The van der Waals surface area contributed by atoms with Gasteiger partial charge in [0.05, 0.1) is 4.90 Å². The number of aliphatic hydroxyl groups is 1. The average molecular weight is 268 g/mol. The molecule has 0 aliphatic carbocycles. The number of hydrogen-bond donors (Lipinski definition) is 1. The summed E-state index contributed by atoms with van der Waals surface area (Å²) in [6.07, 6.45) is -3.99. The molecule has 96 valence electrons. The molecule has 0 fully saturated rings. The van der Waals surface area contributed by atoms with E-state index in [1.165, 1.54) is 6.07 Å². The molecule has 0 bridgehead atoms. The van der Waals surface area contributed by atoms with Crippen molar-refractivity contribution in [3.63, 3.8) is 0 Å². The van der Waals surface area contributed by atoms with Crippen LogP contribution in [0.2, 0.25) is 0 Å². The summed E-state index contributed by atoms with van der Waals surface area (Å²) < 4.78 is 60.0. The summed E-state index contributed by atoms with van der Waals surface area (Å²) in [5, 5.41) is 9.39. The highest BCUT2D eigenvalue weighted by molar-refractivity contribution is 7.90. The lowest BCUT2D eigenvalue weighted by Crippen LogP contribution is -2.39. The fourth-order valence-electron chi connectivity index (χ4n) is 1.19. The van der Waals surface area contributed by atoms with Crippen molar-refractivity contribution in [2.75, 3.05) is 6.26 Å². The molecule has 0 spiro atoms. The first-order chi connectivity index (χ1) is 7.46. The zero-order chi connectivity index (χ0) is 13.5. The Hall–Kier alpha value is -1.08. The summed E-state index contributed by atoms with van der Waals surface area (Å²) in [6, 6.07) is 4.18. The van der Waals surface area contributed by atoms with Crippen molar-refractivity contribution >= 4 is 9.84 Å². The Morgan fingerprint density at radius 1 is 1.24 bits per heavy atom. The second-order valence-electron chi connectivity index (χ2n) is 3.87. The SMILES string of the molecule is CC(O)(c1cccc(S(C)(=O)=O)c1)C(F)(F)F. The zero-order valence-electron chi connectivity index (χ0n) is 9.12. The molecule has 0 aromatic heterocycles. The Kier molecular flexibility index (Phi) is 3.28. The van der Waals surface area contributed by atoms with Gasteiger partial charge in [0.2, 0.25) is 0 Å². The molecule has 1 unspecified atom stereocenters. The fourth-order valence-corrected chi connectivity index (χ4v) is 1.86. The number of benzene rings is 1. The highest BCUT2D eigenvalue weighted by atomic mass is 32.2. The Morgan fingerprint density at radius 2 is 1.76 bits per heavy atom. The predicted octanol–water partition coefficient (Wildman–Crippen LogP) is 1.86. The zero-order valence-corrected chi connectivity index (χ0v) is 9.93. The van der Waals surface area contributed by atoms with Gasteiger partial charge >= 0.3 is 6.18 Å². The van der Waals surface area contributed by atoms with Crippen LogP contribution in [0.15, 0.2) is 29.2 Å². The fraction of sp³-hybridized carbons (Fsp3) is 0.400. The molecule has 0 aliphatic rings.